The Morgan fingerprint density at radius 3 is 2.81 bits per heavy atom. The fourth-order valence-corrected chi connectivity index (χ4v) is 3.87. The second-order valence-electron chi connectivity index (χ2n) is 6.71. The third kappa shape index (κ3) is 3.46. The standard InChI is InChI=1S/C18H26N2O/c1-14-6-5-7-15(12-14)10-11-20-17(21)13-19-18(20)16-8-3-2-4-9-16/h2-4,8-9,14-15,18-19H,5-7,10-13H2,1H3. The molecule has 0 radical (unpaired) electrons. The van der Waals surface area contributed by atoms with Crippen molar-refractivity contribution >= 4 is 5.91 Å². The van der Waals surface area contributed by atoms with E-state index in [0.29, 0.717) is 6.54 Å². The average molecular weight is 286 g/mol. The predicted molar refractivity (Wildman–Crippen MR) is 84.6 cm³/mol. The van der Waals surface area contributed by atoms with Crippen LogP contribution in [0.2, 0.25) is 0 Å². The van der Waals surface area contributed by atoms with Crippen LogP contribution in [0.15, 0.2) is 30.3 Å². The van der Waals surface area contributed by atoms with Crippen molar-refractivity contribution in [3.63, 3.8) is 0 Å². The van der Waals surface area contributed by atoms with Crippen LogP contribution in [0.25, 0.3) is 0 Å². The molecule has 1 N–H and O–H groups in total. The van der Waals surface area contributed by atoms with Crippen LogP contribution in [0.3, 0.4) is 0 Å². The maximum Gasteiger partial charge on any atom is 0.238 e. The molecule has 3 heteroatoms. The third-order valence-corrected chi connectivity index (χ3v) is 5.02. The van der Waals surface area contributed by atoms with E-state index in [9.17, 15) is 4.79 Å². The van der Waals surface area contributed by atoms with Gasteiger partial charge in [-0.05, 0) is 30.2 Å². The van der Waals surface area contributed by atoms with Gasteiger partial charge in [-0.15, -0.1) is 0 Å². The summed E-state index contributed by atoms with van der Waals surface area (Å²) in [6.45, 7) is 3.73. The normalized spacial score (nSPS) is 29.9. The lowest BCUT2D eigenvalue weighted by atomic mass is 9.81. The number of rotatable bonds is 4. The van der Waals surface area contributed by atoms with Gasteiger partial charge in [-0.3, -0.25) is 10.1 Å². The number of nitrogens with one attached hydrogen (secondary N) is 1. The second kappa shape index (κ2) is 6.61. The molecule has 1 aliphatic carbocycles. The van der Waals surface area contributed by atoms with E-state index in [0.717, 1.165) is 24.8 Å². The van der Waals surface area contributed by atoms with Crippen LogP contribution in [0.5, 0.6) is 0 Å². The lowest BCUT2D eigenvalue weighted by Crippen LogP contribution is -2.32. The van der Waals surface area contributed by atoms with Crippen LogP contribution >= 0.6 is 0 Å². The molecule has 2 aliphatic rings. The lowest BCUT2D eigenvalue weighted by Gasteiger charge is -2.30. The van der Waals surface area contributed by atoms with Crippen molar-refractivity contribution in [1.82, 2.24) is 10.2 Å². The van der Waals surface area contributed by atoms with Gasteiger partial charge in [-0.2, -0.15) is 0 Å². The van der Waals surface area contributed by atoms with E-state index < -0.39 is 0 Å². The zero-order chi connectivity index (χ0) is 14.7. The van der Waals surface area contributed by atoms with E-state index in [1.807, 2.05) is 23.1 Å². The second-order valence-corrected chi connectivity index (χ2v) is 6.71. The van der Waals surface area contributed by atoms with Gasteiger partial charge in [0.2, 0.25) is 5.91 Å². The first kappa shape index (κ1) is 14.6. The van der Waals surface area contributed by atoms with Crippen LogP contribution in [0, 0.1) is 11.8 Å². The van der Waals surface area contributed by atoms with E-state index in [2.05, 4.69) is 24.4 Å². The van der Waals surface area contributed by atoms with Crippen LogP contribution in [0.4, 0.5) is 0 Å². The summed E-state index contributed by atoms with van der Waals surface area (Å²) in [7, 11) is 0. The predicted octanol–water partition coefficient (Wildman–Crippen LogP) is 3.33. The molecular formula is C18H26N2O. The van der Waals surface area contributed by atoms with Crippen molar-refractivity contribution in [2.24, 2.45) is 11.8 Å². The molecule has 3 atom stereocenters. The molecule has 3 unspecified atom stereocenters. The van der Waals surface area contributed by atoms with Gasteiger partial charge in [0, 0.05) is 6.54 Å². The maximum atomic E-state index is 12.2. The molecule has 3 rings (SSSR count). The molecule has 1 saturated carbocycles. The Hall–Kier alpha value is -1.35. The maximum absolute atomic E-state index is 12.2. The number of hydrogen-bond donors (Lipinski definition) is 1. The van der Waals surface area contributed by atoms with Crippen molar-refractivity contribution in [2.75, 3.05) is 13.1 Å². The summed E-state index contributed by atoms with van der Waals surface area (Å²) < 4.78 is 0. The van der Waals surface area contributed by atoms with E-state index in [4.69, 9.17) is 0 Å². The summed E-state index contributed by atoms with van der Waals surface area (Å²) in [5.74, 6) is 1.91. The van der Waals surface area contributed by atoms with Crippen molar-refractivity contribution in [3.05, 3.63) is 35.9 Å². The van der Waals surface area contributed by atoms with Gasteiger partial charge in [-0.1, -0.05) is 56.5 Å². The number of benzene rings is 1. The zero-order valence-corrected chi connectivity index (χ0v) is 12.9. The van der Waals surface area contributed by atoms with Crippen LogP contribution in [0.1, 0.15) is 50.8 Å². The Balaban J connectivity index is 1.61. The molecule has 1 saturated heterocycles. The smallest absolute Gasteiger partial charge is 0.238 e. The minimum Gasteiger partial charge on any atom is -0.322 e. The van der Waals surface area contributed by atoms with Crippen LogP contribution in [-0.4, -0.2) is 23.9 Å². The molecule has 114 valence electrons. The first-order valence-electron chi connectivity index (χ1n) is 8.32. The fourth-order valence-electron chi connectivity index (χ4n) is 3.87. The Morgan fingerprint density at radius 1 is 1.24 bits per heavy atom. The van der Waals surface area contributed by atoms with E-state index in [1.54, 1.807) is 0 Å². The quantitative estimate of drug-likeness (QED) is 0.920. The highest BCUT2D eigenvalue weighted by atomic mass is 16.2. The van der Waals surface area contributed by atoms with Gasteiger partial charge >= 0.3 is 0 Å². The minimum absolute atomic E-state index is 0.0692. The summed E-state index contributed by atoms with van der Waals surface area (Å²) in [4.78, 5) is 14.2. The summed E-state index contributed by atoms with van der Waals surface area (Å²) >= 11 is 0. The highest BCUT2D eigenvalue weighted by Gasteiger charge is 2.31. The van der Waals surface area contributed by atoms with Gasteiger partial charge in [-0.25, -0.2) is 0 Å². The van der Waals surface area contributed by atoms with Crippen molar-refractivity contribution < 1.29 is 4.79 Å². The monoisotopic (exact) mass is 286 g/mol. The average Bonchev–Trinajstić information content (AvgIpc) is 2.87. The highest BCUT2D eigenvalue weighted by molar-refractivity contribution is 5.80. The Bertz CT molecular complexity index is 473. The first-order chi connectivity index (χ1) is 10.2. The first-order valence-corrected chi connectivity index (χ1v) is 8.32. The molecule has 1 aromatic rings. The molecule has 1 heterocycles. The van der Waals surface area contributed by atoms with Crippen LogP contribution in [-0.2, 0) is 4.79 Å². The summed E-state index contributed by atoms with van der Waals surface area (Å²) in [5.41, 5.74) is 1.19. The lowest BCUT2D eigenvalue weighted by molar-refractivity contribution is -0.128. The van der Waals surface area contributed by atoms with Gasteiger partial charge < -0.3 is 4.90 Å². The van der Waals surface area contributed by atoms with Gasteiger partial charge in [0.05, 0.1) is 6.54 Å². The minimum atomic E-state index is 0.0692. The Morgan fingerprint density at radius 2 is 2.05 bits per heavy atom. The molecule has 2 fully saturated rings. The van der Waals surface area contributed by atoms with Crippen molar-refractivity contribution in [1.29, 1.82) is 0 Å². The van der Waals surface area contributed by atoms with E-state index in [1.165, 1.54) is 31.2 Å². The number of amides is 1. The van der Waals surface area contributed by atoms with Gasteiger partial charge in [0.15, 0.2) is 0 Å². The molecule has 21 heavy (non-hydrogen) atoms. The SMILES string of the molecule is CC1CCCC(CCN2C(=O)CNC2c2ccccc2)C1. The third-order valence-electron chi connectivity index (χ3n) is 5.02. The van der Waals surface area contributed by atoms with Crippen LogP contribution < -0.4 is 5.32 Å². The van der Waals surface area contributed by atoms with Crippen molar-refractivity contribution in [3.8, 4) is 0 Å². The highest BCUT2D eigenvalue weighted by Crippen LogP contribution is 2.32. The number of nitrogens with zero attached hydrogens (tertiary/aromatic N) is 1. The van der Waals surface area contributed by atoms with E-state index in [-0.39, 0.29) is 12.1 Å². The summed E-state index contributed by atoms with van der Waals surface area (Å²) in [6, 6.07) is 10.3. The molecule has 1 amide bonds. The topological polar surface area (TPSA) is 32.3 Å². The Kier molecular flexibility index (Phi) is 4.59. The molecule has 1 aliphatic heterocycles. The molecule has 0 bridgehead atoms. The fraction of sp³-hybridized carbons (Fsp3) is 0.611. The number of hydrogen-bond acceptors (Lipinski definition) is 2. The van der Waals surface area contributed by atoms with Gasteiger partial charge in [0.25, 0.3) is 0 Å². The van der Waals surface area contributed by atoms with E-state index >= 15 is 0 Å². The molecule has 3 nitrogen and oxygen atoms in total. The summed E-state index contributed by atoms with van der Waals surface area (Å²) in [6.07, 6.45) is 6.65. The molecule has 0 aromatic heterocycles. The largest absolute Gasteiger partial charge is 0.322 e. The zero-order valence-electron chi connectivity index (χ0n) is 12.9. The number of carbonyl (C=O) groups excluding carboxylic acids is 1. The summed E-state index contributed by atoms with van der Waals surface area (Å²) in [5, 5.41) is 3.35. The number of carbonyl (C=O) groups is 1. The molecule has 0 spiro atoms. The van der Waals surface area contributed by atoms with Crippen molar-refractivity contribution in [2.45, 2.75) is 45.2 Å². The molecule has 1 aromatic carbocycles. The molecular weight excluding hydrogens is 260 g/mol. The Labute approximate surface area is 127 Å². The van der Waals surface area contributed by atoms with Gasteiger partial charge in [0.1, 0.15) is 6.17 Å².